The Hall–Kier alpha value is -0.840. The largest absolute Gasteiger partial charge is 0.351 e. The Bertz CT molecular complexity index is 396. The highest BCUT2D eigenvalue weighted by Gasteiger charge is 2.22. The van der Waals surface area contributed by atoms with E-state index in [0.29, 0.717) is 17.6 Å². The molecule has 94 valence electrons. The predicted octanol–water partition coefficient (Wildman–Crippen LogP) is 1.33. The number of anilines is 1. The van der Waals surface area contributed by atoms with Gasteiger partial charge < -0.3 is 15.5 Å². The number of pyridine rings is 1. The number of nitrogens with zero attached hydrogens (tertiary/aromatic N) is 3. The molecule has 1 saturated heterocycles. The van der Waals surface area contributed by atoms with Crippen molar-refractivity contribution in [2.45, 2.75) is 19.5 Å². The van der Waals surface area contributed by atoms with Crippen LogP contribution in [0.2, 0.25) is 5.02 Å². The smallest absolute Gasteiger partial charge is 0.129 e. The molecule has 0 bridgehead atoms. The second-order valence-electron chi connectivity index (χ2n) is 4.64. The molecule has 0 aliphatic carbocycles. The lowest BCUT2D eigenvalue weighted by molar-refractivity contribution is 0.274. The molecule has 17 heavy (non-hydrogen) atoms. The summed E-state index contributed by atoms with van der Waals surface area (Å²) in [6, 6.07) is 2.47. The standard InChI is InChI=1S/C12H19ClN4/c1-9-8-16(2)3-4-17(9)12-5-10(6-14)11(13)7-15-12/h5,7,9H,3-4,6,8,14H2,1-2H3. The van der Waals surface area contributed by atoms with E-state index in [1.807, 2.05) is 6.07 Å². The van der Waals surface area contributed by atoms with Gasteiger partial charge in [0.25, 0.3) is 0 Å². The SMILES string of the molecule is CC1CN(C)CCN1c1cc(CN)c(Cl)cn1. The molecule has 2 rings (SSSR count). The first kappa shape index (κ1) is 12.6. The van der Waals surface area contributed by atoms with Gasteiger partial charge >= 0.3 is 0 Å². The maximum Gasteiger partial charge on any atom is 0.129 e. The molecular weight excluding hydrogens is 236 g/mol. The summed E-state index contributed by atoms with van der Waals surface area (Å²) in [5.41, 5.74) is 6.63. The molecule has 1 aromatic heterocycles. The average Bonchev–Trinajstić information content (AvgIpc) is 2.30. The highest BCUT2D eigenvalue weighted by atomic mass is 35.5. The van der Waals surface area contributed by atoms with E-state index >= 15 is 0 Å². The van der Waals surface area contributed by atoms with E-state index in [1.165, 1.54) is 0 Å². The third-order valence-electron chi connectivity index (χ3n) is 3.27. The van der Waals surface area contributed by atoms with Crippen LogP contribution >= 0.6 is 11.6 Å². The van der Waals surface area contributed by atoms with Crippen LogP contribution in [-0.4, -0.2) is 42.6 Å². The molecule has 1 aliphatic heterocycles. The van der Waals surface area contributed by atoms with Crippen molar-refractivity contribution >= 4 is 17.4 Å². The van der Waals surface area contributed by atoms with Gasteiger partial charge in [-0.1, -0.05) is 11.6 Å². The van der Waals surface area contributed by atoms with Gasteiger partial charge in [-0.2, -0.15) is 0 Å². The van der Waals surface area contributed by atoms with Crippen molar-refractivity contribution < 1.29 is 0 Å². The highest BCUT2D eigenvalue weighted by molar-refractivity contribution is 6.31. The van der Waals surface area contributed by atoms with Gasteiger partial charge in [0.15, 0.2) is 0 Å². The van der Waals surface area contributed by atoms with E-state index in [0.717, 1.165) is 31.0 Å². The molecule has 5 heteroatoms. The van der Waals surface area contributed by atoms with Gasteiger partial charge in [0, 0.05) is 38.4 Å². The van der Waals surface area contributed by atoms with Crippen LogP contribution in [0, 0.1) is 0 Å². The maximum atomic E-state index is 6.03. The Morgan fingerprint density at radius 2 is 2.29 bits per heavy atom. The Labute approximate surface area is 107 Å². The van der Waals surface area contributed by atoms with Crippen LogP contribution in [0.15, 0.2) is 12.3 Å². The second kappa shape index (κ2) is 5.21. The zero-order valence-corrected chi connectivity index (χ0v) is 11.1. The monoisotopic (exact) mass is 254 g/mol. The van der Waals surface area contributed by atoms with Crippen LogP contribution in [0.4, 0.5) is 5.82 Å². The van der Waals surface area contributed by atoms with Crippen molar-refractivity contribution in [3.05, 3.63) is 22.8 Å². The van der Waals surface area contributed by atoms with Crippen molar-refractivity contribution in [1.82, 2.24) is 9.88 Å². The van der Waals surface area contributed by atoms with Crippen LogP contribution in [-0.2, 0) is 6.54 Å². The quantitative estimate of drug-likeness (QED) is 0.865. The first-order valence-corrected chi connectivity index (χ1v) is 6.29. The van der Waals surface area contributed by atoms with Gasteiger partial charge in [0.2, 0.25) is 0 Å². The third-order valence-corrected chi connectivity index (χ3v) is 3.61. The summed E-state index contributed by atoms with van der Waals surface area (Å²) in [7, 11) is 2.15. The van der Waals surface area contributed by atoms with Crippen molar-refractivity contribution in [2.24, 2.45) is 5.73 Å². The lowest BCUT2D eigenvalue weighted by atomic mass is 10.2. The molecule has 4 nitrogen and oxygen atoms in total. The summed E-state index contributed by atoms with van der Waals surface area (Å²) in [6.07, 6.45) is 1.70. The van der Waals surface area contributed by atoms with Gasteiger partial charge in [-0.15, -0.1) is 0 Å². The van der Waals surface area contributed by atoms with Crippen LogP contribution < -0.4 is 10.6 Å². The summed E-state index contributed by atoms with van der Waals surface area (Å²) in [5.74, 6) is 0.982. The van der Waals surface area contributed by atoms with Crippen molar-refractivity contribution in [1.29, 1.82) is 0 Å². The molecule has 0 radical (unpaired) electrons. The first-order valence-electron chi connectivity index (χ1n) is 5.91. The van der Waals surface area contributed by atoms with Crippen LogP contribution in [0.25, 0.3) is 0 Å². The van der Waals surface area contributed by atoms with Crippen molar-refractivity contribution in [3.63, 3.8) is 0 Å². The lowest BCUT2D eigenvalue weighted by Gasteiger charge is -2.39. The fraction of sp³-hybridized carbons (Fsp3) is 0.583. The molecular formula is C12H19ClN4. The fourth-order valence-corrected chi connectivity index (χ4v) is 2.44. The van der Waals surface area contributed by atoms with Crippen molar-refractivity contribution in [3.8, 4) is 0 Å². The molecule has 1 aromatic rings. The number of hydrogen-bond donors (Lipinski definition) is 1. The highest BCUT2D eigenvalue weighted by Crippen LogP contribution is 2.23. The second-order valence-corrected chi connectivity index (χ2v) is 5.05. The van der Waals surface area contributed by atoms with E-state index in [2.05, 4.69) is 28.8 Å². The molecule has 1 fully saturated rings. The zero-order chi connectivity index (χ0) is 12.4. The minimum Gasteiger partial charge on any atom is -0.351 e. The molecule has 1 atom stereocenters. The molecule has 1 unspecified atom stereocenters. The minimum atomic E-state index is 0.455. The normalized spacial score (nSPS) is 21.9. The topological polar surface area (TPSA) is 45.4 Å². The molecule has 0 amide bonds. The fourth-order valence-electron chi connectivity index (χ4n) is 2.26. The maximum absolute atomic E-state index is 6.03. The average molecular weight is 255 g/mol. The number of nitrogens with two attached hydrogens (primary N) is 1. The number of aromatic nitrogens is 1. The number of piperazine rings is 1. The zero-order valence-electron chi connectivity index (χ0n) is 10.4. The number of rotatable bonds is 2. The van der Waals surface area contributed by atoms with Gasteiger partial charge in [-0.25, -0.2) is 4.98 Å². The van der Waals surface area contributed by atoms with Crippen LogP contribution in [0.1, 0.15) is 12.5 Å². The summed E-state index contributed by atoms with van der Waals surface area (Å²) in [5, 5.41) is 0.651. The summed E-state index contributed by atoms with van der Waals surface area (Å²) in [6.45, 7) is 5.79. The minimum absolute atomic E-state index is 0.455. The van der Waals surface area contributed by atoms with E-state index in [4.69, 9.17) is 17.3 Å². The summed E-state index contributed by atoms with van der Waals surface area (Å²) in [4.78, 5) is 9.06. The van der Waals surface area contributed by atoms with Gasteiger partial charge in [0.05, 0.1) is 5.02 Å². The molecule has 1 aliphatic rings. The Morgan fingerprint density at radius 3 is 2.94 bits per heavy atom. The molecule has 2 heterocycles. The summed E-state index contributed by atoms with van der Waals surface area (Å²) < 4.78 is 0. The molecule has 0 spiro atoms. The van der Waals surface area contributed by atoms with E-state index in [-0.39, 0.29) is 0 Å². The van der Waals surface area contributed by atoms with Gasteiger partial charge in [0.1, 0.15) is 5.82 Å². The van der Waals surface area contributed by atoms with E-state index in [9.17, 15) is 0 Å². The Kier molecular flexibility index (Phi) is 3.86. The number of likely N-dealkylation sites (N-methyl/N-ethyl adjacent to an activating group) is 1. The Morgan fingerprint density at radius 1 is 1.53 bits per heavy atom. The van der Waals surface area contributed by atoms with E-state index in [1.54, 1.807) is 6.20 Å². The first-order chi connectivity index (χ1) is 8.11. The van der Waals surface area contributed by atoms with Gasteiger partial charge in [-0.3, -0.25) is 0 Å². The molecule has 2 N–H and O–H groups in total. The summed E-state index contributed by atoms with van der Waals surface area (Å²) >= 11 is 6.03. The lowest BCUT2D eigenvalue weighted by Crippen LogP contribution is -2.50. The number of halogens is 1. The van der Waals surface area contributed by atoms with Gasteiger partial charge in [-0.05, 0) is 25.6 Å². The molecule has 0 aromatic carbocycles. The Balaban J connectivity index is 2.22. The van der Waals surface area contributed by atoms with Crippen LogP contribution in [0.5, 0.6) is 0 Å². The number of hydrogen-bond acceptors (Lipinski definition) is 4. The third kappa shape index (κ3) is 2.70. The predicted molar refractivity (Wildman–Crippen MR) is 71.4 cm³/mol. The van der Waals surface area contributed by atoms with E-state index < -0.39 is 0 Å². The van der Waals surface area contributed by atoms with Crippen LogP contribution in [0.3, 0.4) is 0 Å². The van der Waals surface area contributed by atoms with Crippen molar-refractivity contribution in [2.75, 3.05) is 31.6 Å². The molecule has 0 saturated carbocycles.